The quantitative estimate of drug-likeness (QED) is 0.494. The van der Waals surface area contributed by atoms with Crippen molar-refractivity contribution >= 4 is 11.0 Å². The van der Waals surface area contributed by atoms with Crippen LogP contribution in [0.2, 0.25) is 0 Å². The Kier molecular flexibility index (Phi) is 4.52. The van der Waals surface area contributed by atoms with E-state index in [0.717, 1.165) is 40.0 Å². The summed E-state index contributed by atoms with van der Waals surface area (Å²) in [5.74, 6) is 2.25. The minimum Gasteiger partial charge on any atom is -0.495 e. The lowest BCUT2D eigenvalue weighted by Crippen LogP contribution is -2.05. The Hall–Kier alpha value is -3.54. The average Bonchev–Trinajstić information content (AvgIpc) is 3.57. The summed E-state index contributed by atoms with van der Waals surface area (Å²) in [4.78, 5) is 17.9. The van der Waals surface area contributed by atoms with Crippen molar-refractivity contribution in [2.24, 2.45) is 5.92 Å². The van der Waals surface area contributed by atoms with Gasteiger partial charge in [0, 0.05) is 47.2 Å². The molecule has 1 aliphatic carbocycles. The van der Waals surface area contributed by atoms with Gasteiger partial charge >= 0.3 is 0 Å². The Morgan fingerprint density at radius 2 is 1.93 bits per heavy atom. The summed E-state index contributed by atoms with van der Waals surface area (Å²) in [5, 5.41) is 0. The minimum absolute atomic E-state index is 0.421. The molecule has 0 unspecified atom stereocenters. The summed E-state index contributed by atoms with van der Waals surface area (Å²) in [5.41, 5.74) is 4.61. The predicted molar refractivity (Wildman–Crippen MR) is 110 cm³/mol. The van der Waals surface area contributed by atoms with Crippen LogP contribution in [0.4, 0.5) is 0 Å². The molecule has 0 radical (unpaired) electrons. The van der Waals surface area contributed by atoms with E-state index in [2.05, 4.69) is 15.0 Å². The highest BCUT2D eigenvalue weighted by atomic mass is 16.5. The van der Waals surface area contributed by atoms with Gasteiger partial charge in [-0.2, -0.15) is 0 Å². The van der Waals surface area contributed by atoms with E-state index >= 15 is 0 Å². The van der Waals surface area contributed by atoms with Crippen LogP contribution in [0.15, 0.2) is 67.3 Å². The maximum Gasteiger partial charge on any atom is 0.222 e. The van der Waals surface area contributed by atoms with E-state index in [1.54, 1.807) is 25.7 Å². The highest BCUT2D eigenvalue weighted by Crippen LogP contribution is 2.47. The second-order valence-corrected chi connectivity index (χ2v) is 7.16. The van der Waals surface area contributed by atoms with Gasteiger partial charge in [-0.15, -0.1) is 0 Å². The highest BCUT2D eigenvalue weighted by molar-refractivity contribution is 5.83. The van der Waals surface area contributed by atoms with Gasteiger partial charge in [0.2, 0.25) is 5.88 Å². The van der Waals surface area contributed by atoms with E-state index in [-0.39, 0.29) is 0 Å². The molecule has 4 heterocycles. The van der Waals surface area contributed by atoms with Crippen molar-refractivity contribution in [2.45, 2.75) is 12.3 Å². The number of fused-ring (bicyclic) bond motifs is 1. The summed E-state index contributed by atoms with van der Waals surface area (Å²) in [7, 11) is 1.65. The molecule has 1 fully saturated rings. The fourth-order valence-corrected chi connectivity index (χ4v) is 3.53. The van der Waals surface area contributed by atoms with Crippen LogP contribution in [0.25, 0.3) is 22.2 Å². The minimum atomic E-state index is 0.421. The van der Waals surface area contributed by atoms with E-state index in [9.17, 15) is 0 Å². The van der Waals surface area contributed by atoms with Crippen molar-refractivity contribution in [1.82, 2.24) is 19.9 Å². The Morgan fingerprint density at radius 3 is 2.72 bits per heavy atom. The van der Waals surface area contributed by atoms with Gasteiger partial charge in [-0.05, 0) is 42.8 Å². The molecule has 29 heavy (non-hydrogen) atoms. The van der Waals surface area contributed by atoms with Gasteiger partial charge in [-0.1, -0.05) is 6.07 Å². The maximum atomic E-state index is 6.20. The summed E-state index contributed by atoms with van der Waals surface area (Å²) in [6.45, 7) is 0.602. The van der Waals surface area contributed by atoms with Gasteiger partial charge in [0.15, 0.2) is 0 Å². The fraction of sp³-hybridized carbons (Fsp3) is 0.217. The molecule has 1 aliphatic rings. The molecule has 0 aliphatic heterocycles. The monoisotopic (exact) mass is 384 g/mol. The van der Waals surface area contributed by atoms with Crippen molar-refractivity contribution in [2.75, 3.05) is 13.7 Å². The summed E-state index contributed by atoms with van der Waals surface area (Å²) in [6.07, 6.45) is 8.18. The molecule has 4 aromatic heterocycles. The molecule has 0 amide bonds. The molecule has 1 saturated carbocycles. The predicted octanol–water partition coefficient (Wildman–Crippen LogP) is 4.28. The number of methoxy groups -OCH3 is 1. The zero-order valence-corrected chi connectivity index (χ0v) is 16.0. The Balaban J connectivity index is 1.37. The van der Waals surface area contributed by atoms with Gasteiger partial charge in [0.1, 0.15) is 5.75 Å². The molecule has 5 rings (SSSR count). The van der Waals surface area contributed by atoms with Crippen molar-refractivity contribution in [3.8, 4) is 22.8 Å². The lowest BCUT2D eigenvalue weighted by atomic mass is 10.1. The first kappa shape index (κ1) is 17.6. The molecule has 6 heteroatoms. The third kappa shape index (κ3) is 3.61. The molecule has 0 saturated heterocycles. The fourth-order valence-electron chi connectivity index (χ4n) is 3.53. The van der Waals surface area contributed by atoms with Crippen LogP contribution < -0.4 is 9.47 Å². The van der Waals surface area contributed by atoms with Crippen molar-refractivity contribution < 1.29 is 9.47 Å². The third-order valence-electron chi connectivity index (χ3n) is 5.25. The Bertz CT molecular complexity index is 1130. The third-order valence-corrected chi connectivity index (χ3v) is 5.25. The molecule has 2 atom stereocenters. The first-order valence-corrected chi connectivity index (χ1v) is 9.61. The summed E-state index contributed by atoms with van der Waals surface area (Å²) < 4.78 is 11.4. The zero-order valence-electron chi connectivity index (χ0n) is 16.0. The molecule has 4 aromatic rings. The number of aromatic nitrogens is 4. The van der Waals surface area contributed by atoms with Gasteiger partial charge in [-0.3, -0.25) is 15.0 Å². The van der Waals surface area contributed by atoms with E-state index in [1.807, 2.05) is 48.7 Å². The topological polar surface area (TPSA) is 70.0 Å². The molecule has 0 spiro atoms. The van der Waals surface area contributed by atoms with E-state index in [1.165, 1.54) is 0 Å². The van der Waals surface area contributed by atoms with Crippen LogP contribution in [0.3, 0.4) is 0 Å². The largest absolute Gasteiger partial charge is 0.495 e. The van der Waals surface area contributed by atoms with Gasteiger partial charge in [0.25, 0.3) is 0 Å². The lowest BCUT2D eigenvalue weighted by Gasteiger charge is -2.12. The maximum absolute atomic E-state index is 6.20. The Labute approximate surface area is 168 Å². The zero-order chi connectivity index (χ0) is 19.6. The van der Waals surface area contributed by atoms with E-state index in [4.69, 9.17) is 14.5 Å². The molecular weight excluding hydrogens is 364 g/mol. The second kappa shape index (κ2) is 7.47. The number of ether oxygens (including phenoxy) is 2. The standard InChI is InChI=1S/C23H20N4O2/c1-28-17-6-7-20(26-13-17)18-10-16(18)14-29-23-19(15-4-2-8-24-12-15)11-22-21(27-23)5-3-9-25-22/h2-9,11-13,16,18H,10,14H2,1H3/t16-,18+/m1/s1. The van der Waals surface area contributed by atoms with E-state index in [0.29, 0.717) is 24.3 Å². The lowest BCUT2D eigenvalue weighted by molar-refractivity contribution is 0.288. The molecule has 0 bridgehead atoms. The van der Waals surface area contributed by atoms with Crippen LogP contribution in [-0.2, 0) is 0 Å². The molecule has 0 N–H and O–H groups in total. The first-order valence-electron chi connectivity index (χ1n) is 9.61. The first-order chi connectivity index (χ1) is 14.3. The summed E-state index contributed by atoms with van der Waals surface area (Å²) in [6, 6.07) is 13.8. The van der Waals surface area contributed by atoms with Gasteiger partial charge < -0.3 is 9.47 Å². The normalized spacial score (nSPS) is 17.8. The van der Waals surface area contributed by atoms with Crippen LogP contribution >= 0.6 is 0 Å². The van der Waals surface area contributed by atoms with Gasteiger partial charge in [0.05, 0.1) is 30.9 Å². The SMILES string of the molecule is COc1ccc([C@H]2C[C@@H]2COc2nc3cccnc3cc2-c2cccnc2)nc1. The molecule has 144 valence electrons. The number of hydrogen-bond acceptors (Lipinski definition) is 6. The number of pyridine rings is 4. The molecule has 0 aromatic carbocycles. The number of nitrogens with zero attached hydrogens (tertiary/aromatic N) is 4. The highest BCUT2D eigenvalue weighted by Gasteiger charge is 2.40. The van der Waals surface area contributed by atoms with E-state index < -0.39 is 0 Å². The van der Waals surface area contributed by atoms with Crippen molar-refractivity contribution in [1.29, 1.82) is 0 Å². The number of rotatable bonds is 6. The second-order valence-electron chi connectivity index (χ2n) is 7.16. The van der Waals surface area contributed by atoms with Crippen LogP contribution in [-0.4, -0.2) is 33.7 Å². The molecular formula is C23H20N4O2. The van der Waals surface area contributed by atoms with Crippen molar-refractivity contribution in [3.05, 3.63) is 72.9 Å². The average molecular weight is 384 g/mol. The smallest absolute Gasteiger partial charge is 0.222 e. The van der Waals surface area contributed by atoms with Crippen LogP contribution in [0.5, 0.6) is 11.6 Å². The molecule has 6 nitrogen and oxygen atoms in total. The number of hydrogen-bond donors (Lipinski definition) is 0. The van der Waals surface area contributed by atoms with Crippen LogP contribution in [0, 0.1) is 5.92 Å². The van der Waals surface area contributed by atoms with Crippen molar-refractivity contribution in [3.63, 3.8) is 0 Å². The summed E-state index contributed by atoms with van der Waals surface area (Å²) >= 11 is 0. The van der Waals surface area contributed by atoms with Gasteiger partial charge in [-0.25, -0.2) is 4.98 Å². The van der Waals surface area contributed by atoms with Crippen LogP contribution in [0.1, 0.15) is 18.0 Å². The Morgan fingerprint density at radius 1 is 1.00 bits per heavy atom.